The molecule has 0 bridgehead atoms. The van der Waals surface area contributed by atoms with E-state index in [9.17, 15) is 18.8 Å². The van der Waals surface area contributed by atoms with Crippen molar-refractivity contribution in [3.8, 4) is 10.4 Å². The number of nitrogens with one attached hydrogen (secondary N) is 3. The van der Waals surface area contributed by atoms with Crippen LogP contribution in [0.15, 0.2) is 36.4 Å². The molecule has 1 aromatic carbocycles. The quantitative estimate of drug-likeness (QED) is 0.576. The highest BCUT2D eigenvalue weighted by Crippen LogP contribution is 2.28. The van der Waals surface area contributed by atoms with E-state index in [0.29, 0.717) is 50.1 Å². The second-order valence-electron chi connectivity index (χ2n) is 8.02. The molecule has 3 rings (SSSR count). The SMILES string of the molecule is CC(C)CNC(=O)CN1CCN(C(=O)NNC(=O)c2ccc(-c3ccc(F)cc3)s2)CC1. The van der Waals surface area contributed by atoms with Crippen LogP contribution >= 0.6 is 11.3 Å². The highest BCUT2D eigenvalue weighted by molar-refractivity contribution is 7.17. The van der Waals surface area contributed by atoms with Gasteiger partial charge in [-0.2, -0.15) is 0 Å². The lowest BCUT2D eigenvalue weighted by Crippen LogP contribution is -2.56. The maximum Gasteiger partial charge on any atom is 0.336 e. The minimum atomic E-state index is -0.419. The molecule has 32 heavy (non-hydrogen) atoms. The Morgan fingerprint density at radius 2 is 1.69 bits per heavy atom. The fourth-order valence-electron chi connectivity index (χ4n) is 3.17. The highest BCUT2D eigenvalue weighted by Gasteiger charge is 2.23. The summed E-state index contributed by atoms with van der Waals surface area (Å²) in [7, 11) is 0. The minimum absolute atomic E-state index is 0.0141. The monoisotopic (exact) mass is 461 g/mol. The zero-order valence-electron chi connectivity index (χ0n) is 18.2. The summed E-state index contributed by atoms with van der Waals surface area (Å²) in [4.78, 5) is 41.5. The molecule has 172 valence electrons. The number of hydrogen-bond acceptors (Lipinski definition) is 5. The Kier molecular flexibility index (Phi) is 8.18. The first-order chi connectivity index (χ1) is 15.3. The largest absolute Gasteiger partial charge is 0.355 e. The molecule has 10 heteroatoms. The summed E-state index contributed by atoms with van der Waals surface area (Å²) < 4.78 is 13.1. The lowest BCUT2D eigenvalue weighted by Gasteiger charge is -2.34. The third-order valence-electron chi connectivity index (χ3n) is 4.98. The van der Waals surface area contributed by atoms with Gasteiger partial charge in [0.25, 0.3) is 5.91 Å². The molecule has 0 unspecified atom stereocenters. The van der Waals surface area contributed by atoms with Crippen LogP contribution in [0.2, 0.25) is 0 Å². The van der Waals surface area contributed by atoms with E-state index in [1.807, 2.05) is 18.7 Å². The number of nitrogens with zero attached hydrogens (tertiary/aromatic N) is 2. The molecule has 4 amide bonds. The Bertz CT molecular complexity index is 939. The lowest BCUT2D eigenvalue weighted by atomic mass is 10.2. The van der Waals surface area contributed by atoms with E-state index in [1.165, 1.54) is 23.5 Å². The standard InChI is InChI=1S/C22H28FN5O3S/c1-15(2)13-24-20(29)14-27-9-11-28(12-10-27)22(31)26-25-21(30)19-8-7-18(32-19)16-3-5-17(23)6-4-16/h3-8,15H,9-14H2,1-2H3,(H,24,29)(H,25,30)(H,26,31). The second kappa shape index (κ2) is 11.1. The predicted octanol–water partition coefficient (Wildman–Crippen LogP) is 2.30. The average Bonchev–Trinajstić information content (AvgIpc) is 3.27. The van der Waals surface area contributed by atoms with Crippen molar-refractivity contribution in [2.24, 2.45) is 5.92 Å². The van der Waals surface area contributed by atoms with Crippen LogP contribution in [0, 0.1) is 11.7 Å². The maximum absolute atomic E-state index is 13.1. The molecule has 0 aliphatic carbocycles. The second-order valence-corrected chi connectivity index (χ2v) is 9.10. The van der Waals surface area contributed by atoms with Crippen molar-refractivity contribution in [3.63, 3.8) is 0 Å². The maximum atomic E-state index is 13.1. The van der Waals surface area contributed by atoms with Gasteiger partial charge in [0.2, 0.25) is 5.91 Å². The number of urea groups is 1. The molecular weight excluding hydrogens is 433 g/mol. The number of amides is 4. The Hall–Kier alpha value is -2.98. The van der Waals surface area contributed by atoms with Crippen LogP contribution in [0.4, 0.5) is 9.18 Å². The number of piperazine rings is 1. The predicted molar refractivity (Wildman–Crippen MR) is 122 cm³/mol. The van der Waals surface area contributed by atoms with Crippen molar-refractivity contribution in [1.82, 2.24) is 26.0 Å². The summed E-state index contributed by atoms with van der Waals surface area (Å²) in [5.41, 5.74) is 5.69. The summed E-state index contributed by atoms with van der Waals surface area (Å²) in [5.74, 6) is -0.350. The molecule has 1 saturated heterocycles. The van der Waals surface area contributed by atoms with Gasteiger partial charge in [-0.1, -0.05) is 26.0 Å². The Morgan fingerprint density at radius 1 is 1.00 bits per heavy atom. The fourth-order valence-corrected chi connectivity index (χ4v) is 4.07. The molecule has 1 aromatic heterocycles. The smallest absolute Gasteiger partial charge is 0.336 e. The number of carbonyl (C=O) groups excluding carboxylic acids is 3. The van der Waals surface area contributed by atoms with Crippen LogP contribution in [0.5, 0.6) is 0 Å². The average molecular weight is 462 g/mol. The first kappa shape index (κ1) is 23.7. The Morgan fingerprint density at radius 3 is 2.34 bits per heavy atom. The number of hydrazine groups is 1. The molecule has 3 N–H and O–H groups in total. The molecule has 1 aliphatic rings. The topological polar surface area (TPSA) is 93.8 Å². The van der Waals surface area contributed by atoms with Crippen LogP contribution in [0.25, 0.3) is 10.4 Å². The first-order valence-corrected chi connectivity index (χ1v) is 11.3. The molecule has 0 radical (unpaired) electrons. The van der Waals surface area contributed by atoms with E-state index in [4.69, 9.17) is 0 Å². The van der Waals surface area contributed by atoms with Crippen molar-refractivity contribution in [2.75, 3.05) is 39.3 Å². The number of rotatable bonds is 6. The van der Waals surface area contributed by atoms with Crippen molar-refractivity contribution >= 4 is 29.2 Å². The van der Waals surface area contributed by atoms with Crippen molar-refractivity contribution < 1.29 is 18.8 Å². The summed E-state index contributed by atoms with van der Waals surface area (Å²) in [6, 6.07) is 9.09. The normalized spacial score (nSPS) is 14.3. The molecule has 8 nitrogen and oxygen atoms in total. The van der Waals surface area contributed by atoms with Crippen LogP contribution in [-0.2, 0) is 4.79 Å². The molecule has 0 spiro atoms. The van der Waals surface area contributed by atoms with Crippen LogP contribution < -0.4 is 16.2 Å². The van der Waals surface area contributed by atoms with Crippen LogP contribution in [0.1, 0.15) is 23.5 Å². The van der Waals surface area contributed by atoms with Gasteiger partial charge < -0.3 is 10.2 Å². The molecule has 2 aromatic rings. The molecule has 1 fully saturated rings. The van der Waals surface area contributed by atoms with Gasteiger partial charge in [-0.25, -0.2) is 14.6 Å². The number of hydrogen-bond donors (Lipinski definition) is 3. The summed E-state index contributed by atoms with van der Waals surface area (Å²) in [5, 5.41) is 2.89. The van der Waals surface area contributed by atoms with Crippen molar-refractivity contribution in [2.45, 2.75) is 13.8 Å². The van der Waals surface area contributed by atoms with Crippen LogP contribution in [-0.4, -0.2) is 66.9 Å². The van der Waals surface area contributed by atoms with E-state index < -0.39 is 11.9 Å². The van der Waals surface area contributed by atoms with E-state index in [-0.39, 0.29) is 11.7 Å². The van der Waals surface area contributed by atoms with E-state index in [0.717, 1.165) is 10.4 Å². The van der Waals surface area contributed by atoms with Gasteiger partial charge in [-0.3, -0.25) is 19.9 Å². The van der Waals surface area contributed by atoms with Crippen molar-refractivity contribution in [1.29, 1.82) is 0 Å². The summed E-state index contributed by atoms with van der Waals surface area (Å²) >= 11 is 1.25. The lowest BCUT2D eigenvalue weighted by molar-refractivity contribution is -0.122. The summed E-state index contributed by atoms with van der Waals surface area (Å²) in [6.45, 7) is 7.15. The Labute approximate surface area is 190 Å². The van der Waals surface area contributed by atoms with E-state index in [2.05, 4.69) is 16.2 Å². The zero-order valence-corrected chi connectivity index (χ0v) is 19.0. The number of carbonyl (C=O) groups is 3. The third kappa shape index (κ3) is 6.76. The van der Waals surface area contributed by atoms with Gasteiger partial charge in [0.1, 0.15) is 5.82 Å². The first-order valence-electron chi connectivity index (χ1n) is 10.5. The highest BCUT2D eigenvalue weighted by atomic mass is 32.1. The number of thiophene rings is 1. The van der Waals surface area contributed by atoms with Gasteiger partial charge in [-0.15, -0.1) is 11.3 Å². The van der Waals surface area contributed by atoms with Gasteiger partial charge in [0.05, 0.1) is 11.4 Å². The summed E-state index contributed by atoms with van der Waals surface area (Å²) in [6.07, 6.45) is 0. The zero-order chi connectivity index (χ0) is 23.1. The van der Waals surface area contributed by atoms with Gasteiger partial charge >= 0.3 is 6.03 Å². The third-order valence-corrected chi connectivity index (χ3v) is 6.11. The molecule has 0 saturated carbocycles. The molecule has 1 aliphatic heterocycles. The van der Waals surface area contributed by atoms with Gasteiger partial charge in [0, 0.05) is 37.6 Å². The van der Waals surface area contributed by atoms with E-state index in [1.54, 1.807) is 29.2 Å². The van der Waals surface area contributed by atoms with Crippen LogP contribution in [0.3, 0.4) is 0 Å². The Balaban J connectivity index is 1.41. The molecule has 0 atom stereocenters. The minimum Gasteiger partial charge on any atom is -0.355 e. The fraction of sp³-hybridized carbons (Fsp3) is 0.409. The molecule has 2 heterocycles. The van der Waals surface area contributed by atoms with E-state index >= 15 is 0 Å². The van der Waals surface area contributed by atoms with Gasteiger partial charge in [-0.05, 0) is 35.7 Å². The number of benzene rings is 1. The van der Waals surface area contributed by atoms with Gasteiger partial charge in [0.15, 0.2) is 0 Å². The number of halogens is 1. The molecular formula is C22H28FN5O3S. The van der Waals surface area contributed by atoms with Crippen molar-refractivity contribution in [3.05, 3.63) is 47.1 Å².